The number of ketones is 1. The Labute approximate surface area is 106 Å². The van der Waals surface area contributed by atoms with Crippen molar-refractivity contribution < 1.29 is 4.79 Å². The van der Waals surface area contributed by atoms with Crippen LogP contribution in [0.25, 0.3) is 0 Å². The van der Waals surface area contributed by atoms with Gasteiger partial charge in [0.05, 0.1) is 0 Å². The molecule has 2 saturated carbocycles. The lowest BCUT2D eigenvalue weighted by Crippen LogP contribution is -2.02. The van der Waals surface area contributed by atoms with Gasteiger partial charge in [0.25, 0.3) is 0 Å². The second-order valence-corrected chi connectivity index (χ2v) is 6.14. The van der Waals surface area contributed by atoms with E-state index in [0.717, 1.165) is 18.8 Å². The molecule has 2 fully saturated rings. The van der Waals surface area contributed by atoms with Gasteiger partial charge in [-0.2, -0.15) is 0 Å². The van der Waals surface area contributed by atoms with E-state index in [4.69, 9.17) is 0 Å². The van der Waals surface area contributed by atoms with E-state index < -0.39 is 0 Å². The third-order valence-electron chi connectivity index (χ3n) is 4.58. The normalized spacial score (nSPS) is 33.3. The van der Waals surface area contributed by atoms with E-state index in [9.17, 15) is 4.79 Å². The first-order valence-corrected chi connectivity index (χ1v) is 7.90. The van der Waals surface area contributed by atoms with Crippen molar-refractivity contribution in [2.75, 3.05) is 0 Å². The van der Waals surface area contributed by atoms with Crippen LogP contribution in [0.1, 0.15) is 83.5 Å². The topological polar surface area (TPSA) is 17.1 Å². The zero-order valence-corrected chi connectivity index (χ0v) is 11.3. The molecule has 0 spiro atoms. The molecule has 0 radical (unpaired) electrons. The zero-order chi connectivity index (χ0) is 11.9. The molecule has 0 aromatic heterocycles. The predicted octanol–water partition coefficient (Wildman–Crippen LogP) is 4.89. The number of hydrogen-bond donors (Lipinski definition) is 0. The number of fused-ring (bicyclic) bond motifs is 1. The molecule has 0 saturated heterocycles. The summed E-state index contributed by atoms with van der Waals surface area (Å²) in [5.74, 6) is 1.86. The number of carbonyl (C=O) groups excluding carboxylic acids is 1. The van der Waals surface area contributed by atoms with E-state index in [1.807, 2.05) is 0 Å². The highest BCUT2D eigenvalue weighted by molar-refractivity contribution is 5.83. The van der Waals surface area contributed by atoms with Gasteiger partial charge in [0, 0.05) is 12.3 Å². The van der Waals surface area contributed by atoms with Crippen LogP contribution in [-0.2, 0) is 4.79 Å². The molecule has 2 rings (SSSR count). The van der Waals surface area contributed by atoms with E-state index in [0.29, 0.717) is 11.7 Å². The second kappa shape index (κ2) is 7.18. The maximum atomic E-state index is 11.9. The molecule has 0 N–H and O–H groups in total. The molecule has 98 valence electrons. The third-order valence-corrected chi connectivity index (χ3v) is 4.58. The molecular weight excluding hydrogens is 208 g/mol. The summed E-state index contributed by atoms with van der Waals surface area (Å²) in [7, 11) is 0. The number of carbonyl (C=O) groups is 1. The van der Waals surface area contributed by atoms with Gasteiger partial charge in [-0.25, -0.2) is 0 Å². The van der Waals surface area contributed by atoms with Crippen molar-refractivity contribution in [1.82, 2.24) is 0 Å². The summed E-state index contributed by atoms with van der Waals surface area (Å²) in [4.78, 5) is 11.9. The summed E-state index contributed by atoms with van der Waals surface area (Å²) < 4.78 is 0. The van der Waals surface area contributed by atoms with E-state index >= 15 is 0 Å². The Hall–Kier alpha value is -0.330. The van der Waals surface area contributed by atoms with Crippen LogP contribution >= 0.6 is 0 Å². The maximum Gasteiger partial charge on any atom is 0.136 e. The van der Waals surface area contributed by atoms with E-state index in [1.165, 1.54) is 70.6 Å². The Kier molecular flexibility index (Phi) is 5.54. The van der Waals surface area contributed by atoms with Gasteiger partial charge in [0.2, 0.25) is 0 Å². The van der Waals surface area contributed by atoms with Crippen LogP contribution in [0.3, 0.4) is 0 Å². The maximum absolute atomic E-state index is 11.9. The van der Waals surface area contributed by atoms with Crippen molar-refractivity contribution in [2.24, 2.45) is 11.8 Å². The van der Waals surface area contributed by atoms with Crippen molar-refractivity contribution >= 4 is 5.78 Å². The minimum absolute atomic E-state index is 0.486. The highest BCUT2D eigenvalue weighted by atomic mass is 16.1. The van der Waals surface area contributed by atoms with Crippen molar-refractivity contribution in [3.63, 3.8) is 0 Å². The highest BCUT2D eigenvalue weighted by Crippen LogP contribution is 2.44. The van der Waals surface area contributed by atoms with Gasteiger partial charge < -0.3 is 0 Å². The minimum atomic E-state index is 0.486. The Morgan fingerprint density at radius 1 is 0.706 bits per heavy atom. The number of rotatable bonds is 0. The molecule has 2 aliphatic rings. The summed E-state index contributed by atoms with van der Waals surface area (Å²) in [6.45, 7) is 0. The van der Waals surface area contributed by atoms with Crippen LogP contribution in [-0.4, -0.2) is 5.78 Å². The van der Waals surface area contributed by atoms with Crippen molar-refractivity contribution in [3.05, 3.63) is 0 Å². The van der Waals surface area contributed by atoms with Gasteiger partial charge in [-0.3, -0.25) is 4.79 Å². The first-order chi connectivity index (χ1) is 8.38. The largest absolute Gasteiger partial charge is 0.299 e. The van der Waals surface area contributed by atoms with Gasteiger partial charge in [-0.1, -0.05) is 57.8 Å². The van der Waals surface area contributed by atoms with E-state index in [1.54, 1.807) is 0 Å². The fraction of sp³-hybridized carbons (Fsp3) is 0.938. The van der Waals surface area contributed by atoms with Crippen LogP contribution in [0.4, 0.5) is 0 Å². The lowest BCUT2D eigenvalue weighted by atomic mass is 10.0. The summed E-state index contributed by atoms with van der Waals surface area (Å²) in [5, 5.41) is 0. The van der Waals surface area contributed by atoms with Gasteiger partial charge in [0.15, 0.2) is 0 Å². The van der Waals surface area contributed by atoms with Crippen LogP contribution in [0.15, 0.2) is 0 Å². The standard InChI is InChI=1S/C16H28O/c17-16-12-10-8-6-4-2-1-3-5-7-9-11-14-13-15(14)16/h14-15H,1-13H2/t14-,15-/m1/s1. The quantitative estimate of drug-likeness (QED) is 0.585. The fourth-order valence-electron chi connectivity index (χ4n) is 3.27. The molecule has 17 heavy (non-hydrogen) atoms. The third kappa shape index (κ3) is 4.81. The summed E-state index contributed by atoms with van der Waals surface area (Å²) in [6, 6.07) is 0. The highest BCUT2D eigenvalue weighted by Gasteiger charge is 2.40. The Bertz CT molecular complexity index is 234. The minimum Gasteiger partial charge on any atom is -0.299 e. The molecule has 0 aromatic carbocycles. The Balaban J connectivity index is 1.69. The van der Waals surface area contributed by atoms with Crippen molar-refractivity contribution in [3.8, 4) is 0 Å². The van der Waals surface area contributed by atoms with Crippen LogP contribution in [0, 0.1) is 11.8 Å². The fourth-order valence-corrected chi connectivity index (χ4v) is 3.27. The molecule has 0 aromatic rings. The Morgan fingerprint density at radius 3 is 1.88 bits per heavy atom. The smallest absolute Gasteiger partial charge is 0.136 e. The summed E-state index contributed by atoms with van der Waals surface area (Å²) in [5.41, 5.74) is 0. The molecular formula is C16H28O. The number of hydrogen-bond acceptors (Lipinski definition) is 1. The van der Waals surface area contributed by atoms with Gasteiger partial charge in [0.1, 0.15) is 5.78 Å². The molecule has 0 aliphatic heterocycles. The van der Waals surface area contributed by atoms with E-state index in [2.05, 4.69) is 0 Å². The first kappa shape index (κ1) is 13.1. The van der Waals surface area contributed by atoms with Gasteiger partial charge in [-0.05, 0) is 25.2 Å². The molecule has 1 nitrogen and oxygen atoms in total. The molecule has 0 amide bonds. The average molecular weight is 236 g/mol. The van der Waals surface area contributed by atoms with E-state index in [-0.39, 0.29) is 0 Å². The molecule has 0 unspecified atom stereocenters. The van der Waals surface area contributed by atoms with Crippen molar-refractivity contribution in [1.29, 1.82) is 0 Å². The molecule has 0 heterocycles. The predicted molar refractivity (Wildman–Crippen MR) is 72.0 cm³/mol. The van der Waals surface area contributed by atoms with Crippen molar-refractivity contribution in [2.45, 2.75) is 83.5 Å². The van der Waals surface area contributed by atoms with Gasteiger partial charge in [-0.15, -0.1) is 0 Å². The average Bonchev–Trinajstić information content (AvgIpc) is 3.08. The number of Topliss-reactive ketones (excluding diaryl/α,β-unsaturated/α-hetero) is 1. The lowest BCUT2D eigenvalue weighted by Gasteiger charge is -2.01. The Morgan fingerprint density at radius 2 is 1.24 bits per heavy atom. The molecule has 2 atom stereocenters. The first-order valence-electron chi connectivity index (χ1n) is 7.90. The second-order valence-electron chi connectivity index (χ2n) is 6.14. The SMILES string of the molecule is O=C1CCCCCCCCCCCC[C@@H]2C[C@@H]12. The van der Waals surface area contributed by atoms with Crippen LogP contribution in [0.5, 0.6) is 0 Å². The summed E-state index contributed by atoms with van der Waals surface area (Å²) in [6.07, 6.45) is 17.1. The zero-order valence-electron chi connectivity index (χ0n) is 11.3. The molecule has 2 aliphatic carbocycles. The lowest BCUT2D eigenvalue weighted by molar-refractivity contribution is -0.120. The monoisotopic (exact) mass is 236 g/mol. The summed E-state index contributed by atoms with van der Waals surface area (Å²) >= 11 is 0. The van der Waals surface area contributed by atoms with Gasteiger partial charge >= 0.3 is 0 Å². The molecule has 0 bridgehead atoms. The van der Waals surface area contributed by atoms with Crippen LogP contribution < -0.4 is 0 Å². The molecule has 1 heteroatoms. The van der Waals surface area contributed by atoms with Crippen LogP contribution in [0.2, 0.25) is 0 Å².